The van der Waals surface area contributed by atoms with Crippen LogP contribution in [-0.2, 0) is 4.79 Å². The van der Waals surface area contributed by atoms with E-state index in [1.165, 1.54) is 11.5 Å². The molecule has 2 nitrogen and oxygen atoms in total. The van der Waals surface area contributed by atoms with Crippen molar-refractivity contribution < 1.29 is 18.0 Å². The van der Waals surface area contributed by atoms with Crippen molar-refractivity contribution in [3.63, 3.8) is 0 Å². The molecule has 0 aliphatic rings. The van der Waals surface area contributed by atoms with E-state index >= 15 is 0 Å². The van der Waals surface area contributed by atoms with Gasteiger partial charge in [-0.05, 0) is 30.1 Å². The summed E-state index contributed by atoms with van der Waals surface area (Å²) in [4.78, 5) is 10.9. The zero-order chi connectivity index (χ0) is 14.9. The van der Waals surface area contributed by atoms with E-state index in [-0.39, 0.29) is 12.3 Å². The molecular weight excluding hydrogens is 311 g/mol. The zero-order valence-electron chi connectivity index (χ0n) is 10.5. The number of hydrogen-bond donors (Lipinski definition) is 0. The number of aromatic nitrogens is 1. The highest BCUT2D eigenvalue weighted by Gasteiger charge is 2.37. The van der Waals surface area contributed by atoms with Crippen LogP contribution in [-0.4, -0.2) is 16.3 Å². The largest absolute Gasteiger partial charge is 0.449 e. The van der Waals surface area contributed by atoms with Crippen LogP contribution in [0.5, 0.6) is 0 Å². The molecule has 0 N–H and O–H groups in total. The van der Waals surface area contributed by atoms with Gasteiger partial charge in [-0.2, -0.15) is 17.5 Å². The zero-order valence-corrected chi connectivity index (χ0v) is 12.1. The topological polar surface area (TPSA) is 30.0 Å². The predicted molar refractivity (Wildman–Crippen MR) is 73.3 cm³/mol. The van der Waals surface area contributed by atoms with E-state index in [1.54, 1.807) is 19.1 Å². The van der Waals surface area contributed by atoms with Gasteiger partial charge in [-0.15, -0.1) is 0 Å². The molecule has 0 amide bonds. The number of alkyl halides is 3. The number of benzene rings is 1. The summed E-state index contributed by atoms with van der Waals surface area (Å²) in [6.45, 7) is 1.75. The van der Waals surface area contributed by atoms with Gasteiger partial charge in [0.25, 0.3) is 0 Å². The Morgan fingerprint density at radius 3 is 2.80 bits per heavy atom. The first-order chi connectivity index (χ1) is 9.30. The number of ketones is 1. The molecule has 0 radical (unpaired) electrons. The maximum atomic E-state index is 12.2. The van der Waals surface area contributed by atoms with Gasteiger partial charge in [0.2, 0.25) is 5.78 Å². The summed E-state index contributed by atoms with van der Waals surface area (Å²) in [6, 6.07) is 5.37. The number of nitrogens with zero attached hydrogens (tertiary/aromatic N) is 1. The molecule has 0 aliphatic heterocycles. The van der Waals surface area contributed by atoms with E-state index in [9.17, 15) is 18.0 Å². The van der Waals surface area contributed by atoms with Crippen molar-refractivity contribution >= 4 is 39.0 Å². The maximum Gasteiger partial charge on any atom is 0.449 e. The Balaban J connectivity index is 2.16. The number of carbonyl (C=O) groups excluding carboxylic acids is 1. The van der Waals surface area contributed by atoms with Crippen molar-refractivity contribution in [3.8, 4) is 0 Å². The minimum atomic E-state index is -4.76. The van der Waals surface area contributed by atoms with Crippen LogP contribution >= 0.6 is 23.1 Å². The van der Waals surface area contributed by atoms with Crippen molar-refractivity contribution in [2.45, 2.75) is 31.9 Å². The Morgan fingerprint density at radius 1 is 1.45 bits per heavy atom. The van der Waals surface area contributed by atoms with Gasteiger partial charge in [0.15, 0.2) is 0 Å². The molecule has 2 aromatic rings. The Kier molecular flexibility index (Phi) is 4.34. The number of Topliss-reactive ketones (excluding diaryl/α,β-unsaturated/α-hetero) is 1. The van der Waals surface area contributed by atoms with Crippen LogP contribution in [0.15, 0.2) is 18.2 Å². The second-order valence-electron chi connectivity index (χ2n) is 4.54. The number of halogens is 4. The monoisotopic (exact) mass is 321 g/mol. The first-order valence-electron chi connectivity index (χ1n) is 5.94. The molecule has 7 heteroatoms. The number of rotatable bonds is 4. The number of fused-ring (bicyclic) bond motifs is 1. The van der Waals surface area contributed by atoms with E-state index < -0.39 is 18.4 Å². The van der Waals surface area contributed by atoms with Crippen molar-refractivity contribution in [2.24, 2.45) is 0 Å². The first kappa shape index (κ1) is 15.3. The van der Waals surface area contributed by atoms with Crippen LogP contribution in [0, 0.1) is 0 Å². The molecule has 0 fully saturated rings. The maximum absolute atomic E-state index is 12.2. The summed E-state index contributed by atoms with van der Waals surface area (Å²) in [5.74, 6) is -1.95. The van der Waals surface area contributed by atoms with Crippen molar-refractivity contribution in [1.29, 1.82) is 0 Å². The smallest absolute Gasteiger partial charge is 0.290 e. The van der Waals surface area contributed by atoms with Crippen LogP contribution < -0.4 is 0 Å². The van der Waals surface area contributed by atoms with Gasteiger partial charge in [0, 0.05) is 17.7 Å². The van der Waals surface area contributed by atoms with Crippen molar-refractivity contribution in [3.05, 3.63) is 28.9 Å². The van der Waals surface area contributed by atoms with Crippen LogP contribution in [0.3, 0.4) is 0 Å². The van der Waals surface area contributed by atoms with Crippen molar-refractivity contribution in [2.75, 3.05) is 0 Å². The Hall–Kier alpha value is -1.14. The lowest BCUT2D eigenvalue weighted by Gasteiger charge is -2.10. The second kappa shape index (κ2) is 5.69. The van der Waals surface area contributed by atoms with E-state index in [2.05, 4.69) is 4.37 Å². The molecule has 0 bridgehead atoms. The average molecular weight is 322 g/mol. The van der Waals surface area contributed by atoms with Gasteiger partial charge in [0.05, 0.1) is 15.4 Å². The minimum Gasteiger partial charge on any atom is -0.290 e. The van der Waals surface area contributed by atoms with Crippen LogP contribution in [0.1, 0.15) is 31.4 Å². The molecular formula is C13H11ClF3NOS. The lowest BCUT2D eigenvalue weighted by atomic mass is 9.97. The third-order valence-corrected chi connectivity index (χ3v) is 4.20. The minimum absolute atomic E-state index is 0.0996. The number of hydrogen-bond acceptors (Lipinski definition) is 3. The third kappa shape index (κ3) is 3.12. The van der Waals surface area contributed by atoms with Gasteiger partial charge in [-0.3, -0.25) is 4.79 Å². The fourth-order valence-electron chi connectivity index (χ4n) is 1.94. The summed E-state index contributed by atoms with van der Waals surface area (Å²) in [7, 11) is 0. The summed E-state index contributed by atoms with van der Waals surface area (Å²) in [5, 5.41) is 1.30. The Morgan fingerprint density at radius 2 is 2.15 bits per heavy atom. The summed E-state index contributed by atoms with van der Waals surface area (Å²) >= 11 is 7.36. The van der Waals surface area contributed by atoms with Gasteiger partial charge in [-0.1, -0.05) is 24.6 Å². The lowest BCUT2D eigenvalue weighted by molar-refractivity contribution is -0.171. The van der Waals surface area contributed by atoms with Crippen LogP contribution in [0.4, 0.5) is 13.2 Å². The molecule has 1 aromatic heterocycles. The molecule has 2 rings (SSSR count). The quantitative estimate of drug-likeness (QED) is 0.796. The van der Waals surface area contributed by atoms with Crippen LogP contribution in [0.25, 0.3) is 10.1 Å². The van der Waals surface area contributed by atoms with Gasteiger partial charge < -0.3 is 0 Å². The first-order valence-corrected chi connectivity index (χ1v) is 7.09. The highest BCUT2D eigenvalue weighted by molar-refractivity contribution is 7.13. The Bertz CT molecular complexity index is 638. The SMILES string of the molecule is CC(CCC(=O)C(F)(F)F)c1nsc2cccc(Cl)c12. The van der Waals surface area contributed by atoms with E-state index in [4.69, 9.17) is 11.6 Å². The van der Waals surface area contributed by atoms with E-state index in [1.807, 2.05) is 6.07 Å². The molecule has 20 heavy (non-hydrogen) atoms. The lowest BCUT2D eigenvalue weighted by Crippen LogP contribution is -2.22. The van der Waals surface area contributed by atoms with E-state index in [0.717, 1.165) is 10.1 Å². The highest BCUT2D eigenvalue weighted by atomic mass is 35.5. The summed E-state index contributed by atoms with van der Waals surface area (Å²) in [6.07, 6.45) is -5.20. The molecule has 0 spiro atoms. The van der Waals surface area contributed by atoms with Gasteiger partial charge in [0.1, 0.15) is 0 Å². The average Bonchev–Trinajstić information content (AvgIpc) is 2.79. The highest BCUT2D eigenvalue weighted by Crippen LogP contribution is 2.35. The normalized spacial score (nSPS) is 13.7. The fraction of sp³-hybridized carbons (Fsp3) is 0.385. The van der Waals surface area contributed by atoms with Gasteiger partial charge in [-0.25, -0.2) is 0 Å². The predicted octanol–water partition coefficient (Wildman–Crippen LogP) is 4.96. The molecule has 1 atom stereocenters. The molecule has 0 saturated heterocycles. The van der Waals surface area contributed by atoms with Crippen LogP contribution in [0.2, 0.25) is 5.02 Å². The molecule has 0 saturated carbocycles. The van der Waals surface area contributed by atoms with Gasteiger partial charge >= 0.3 is 6.18 Å². The molecule has 1 heterocycles. The number of carbonyl (C=O) groups is 1. The standard InChI is InChI=1S/C13H11ClF3NOS/c1-7(5-6-10(19)13(15,16)17)12-11-8(14)3-2-4-9(11)20-18-12/h2-4,7H,5-6H2,1H3. The second-order valence-corrected chi connectivity index (χ2v) is 5.75. The molecule has 1 unspecified atom stereocenters. The van der Waals surface area contributed by atoms with Crippen molar-refractivity contribution in [1.82, 2.24) is 4.37 Å². The Labute approximate surface area is 122 Å². The fourth-order valence-corrected chi connectivity index (χ4v) is 3.18. The molecule has 108 valence electrons. The summed E-state index contributed by atoms with van der Waals surface area (Å²) in [5.41, 5.74) is 0.658. The summed E-state index contributed by atoms with van der Waals surface area (Å²) < 4.78 is 41.7. The molecule has 0 aliphatic carbocycles. The third-order valence-electron chi connectivity index (χ3n) is 3.06. The molecule has 1 aromatic carbocycles. The van der Waals surface area contributed by atoms with E-state index in [0.29, 0.717) is 10.7 Å².